The Balaban J connectivity index is 0.00000180. The predicted molar refractivity (Wildman–Crippen MR) is 67.1 cm³/mol. The minimum Gasteiger partial charge on any atom is -0.319 e. The van der Waals surface area contributed by atoms with Gasteiger partial charge < -0.3 is 9.47 Å². The maximum Gasteiger partial charge on any atom is 0.324 e. The zero-order chi connectivity index (χ0) is 13.1. The summed E-state index contributed by atoms with van der Waals surface area (Å²) in [5, 5.41) is 2.24. The highest BCUT2D eigenvalue weighted by atomic mass is 16.2. The second-order valence-electron chi connectivity index (χ2n) is 4.15. The highest BCUT2D eigenvalue weighted by Gasteiger charge is 2.23. The van der Waals surface area contributed by atoms with Gasteiger partial charge in [0, 0.05) is 32.7 Å². The fourth-order valence-electron chi connectivity index (χ4n) is 1.91. The Morgan fingerprint density at radius 3 is 2.83 bits per heavy atom. The van der Waals surface area contributed by atoms with Gasteiger partial charge in [-0.3, -0.25) is 14.9 Å². The van der Waals surface area contributed by atoms with E-state index in [1.165, 1.54) is 4.90 Å². The zero-order valence-corrected chi connectivity index (χ0v) is 10.2. The Labute approximate surface area is 106 Å². The van der Waals surface area contributed by atoms with Crippen molar-refractivity contribution in [2.24, 2.45) is 0 Å². The number of hydrogen-bond acceptors (Lipinski definition) is 3. The van der Waals surface area contributed by atoms with E-state index in [0.29, 0.717) is 18.7 Å². The Morgan fingerprint density at radius 2 is 2.17 bits per heavy atom. The first-order valence-electron chi connectivity index (χ1n) is 5.89. The van der Waals surface area contributed by atoms with Crippen molar-refractivity contribution in [1.29, 1.82) is 0 Å². The van der Waals surface area contributed by atoms with Crippen LogP contribution in [0, 0.1) is 0 Å². The third-order valence-corrected chi connectivity index (χ3v) is 2.94. The Kier molecular flexibility index (Phi) is 3.45. The number of hydrogen-bond donors (Lipinski definition) is 1. The maximum atomic E-state index is 12.0. The van der Waals surface area contributed by atoms with Crippen molar-refractivity contribution in [1.82, 2.24) is 14.8 Å². The number of aryl methyl sites for hydroxylation is 1. The lowest BCUT2D eigenvalue weighted by molar-refractivity contribution is -0.121. The molecule has 18 heavy (non-hydrogen) atoms. The van der Waals surface area contributed by atoms with Crippen LogP contribution in [0.15, 0.2) is 23.1 Å². The summed E-state index contributed by atoms with van der Waals surface area (Å²) in [6.07, 6.45) is 1.99. The minimum atomic E-state index is -0.433. The van der Waals surface area contributed by atoms with Gasteiger partial charge in [-0.25, -0.2) is 4.79 Å². The molecule has 0 spiro atoms. The molecule has 0 bridgehead atoms. The van der Waals surface area contributed by atoms with E-state index in [-0.39, 0.29) is 25.9 Å². The van der Waals surface area contributed by atoms with Gasteiger partial charge in [0.15, 0.2) is 0 Å². The smallest absolute Gasteiger partial charge is 0.319 e. The molecule has 1 aliphatic rings. The van der Waals surface area contributed by atoms with Gasteiger partial charge >= 0.3 is 6.03 Å². The lowest BCUT2D eigenvalue weighted by Crippen LogP contribution is -2.49. The summed E-state index contributed by atoms with van der Waals surface area (Å²) in [5.41, 5.74) is 0.466. The average molecular weight is 251 g/mol. The third-order valence-electron chi connectivity index (χ3n) is 2.94. The van der Waals surface area contributed by atoms with Crippen molar-refractivity contribution in [2.75, 3.05) is 6.54 Å². The molecule has 1 N–H and O–H groups in total. The average Bonchev–Trinajstić information content (AvgIpc) is 2.35. The molecule has 6 heteroatoms. The molecule has 1 fully saturated rings. The first-order valence-corrected chi connectivity index (χ1v) is 5.89. The standard InChI is InChI=1S/C12H15N3O3.H2/c1-2-14-6-3-4-9(11(14)17)8-15-7-5-10(16)13-12(15)18;/h3-4,6H,2,5,7-8H2,1H3,(H,13,16,18);1H. The van der Waals surface area contributed by atoms with Crippen molar-refractivity contribution in [2.45, 2.75) is 26.4 Å². The molecule has 3 amide bonds. The highest BCUT2D eigenvalue weighted by Crippen LogP contribution is 2.05. The quantitative estimate of drug-likeness (QED) is 0.853. The summed E-state index contributed by atoms with van der Waals surface area (Å²) in [5.74, 6) is -0.268. The molecular formula is C12H17N3O3. The van der Waals surface area contributed by atoms with Crippen LogP contribution in [-0.4, -0.2) is 28.0 Å². The van der Waals surface area contributed by atoms with Crippen molar-refractivity contribution < 1.29 is 11.0 Å². The molecule has 98 valence electrons. The molecule has 1 aromatic rings. The molecule has 0 aliphatic carbocycles. The molecule has 0 aromatic carbocycles. The van der Waals surface area contributed by atoms with Crippen molar-refractivity contribution >= 4 is 11.9 Å². The molecule has 0 saturated carbocycles. The number of urea groups is 1. The summed E-state index contributed by atoms with van der Waals surface area (Å²) in [6.45, 7) is 3.07. The molecule has 6 nitrogen and oxygen atoms in total. The monoisotopic (exact) mass is 251 g/mol. The molecule has 0 atom stereocenters. The van der Waals surface area contributed by atoms with Crippen LogP contribution in [-0.2, 0) is 17.9 Å². The first-order chi connectivity index (χ1) is 8.61. The number of carbonyl (C=O) groups is 2. The van der Waals surface area contributed by atoms with Gasteiger partial charge in [0.05, 0.1) is 6.54 Å². The van der Waals surface area contributed by atoms with Gasteiger partial charge in [-0.1, -0.05) is 6.07 Å². The topological polar surface area (TPSA) is 71.4 Å². The number of imide groups is 1. The van der Waals surface area contributed by atoms with Gasteiger partial charge in [0.1, 0.15) is 0 Å². The van der Waals surface area contributed by atoms with Crippen LogP contribution in [0.3, 0.4) is 0 Å². The Hall–Kier alpha value is -2.11. The number of pyridine rings is 1. The summed E-state index contributed by atoms with van der Waals surface area (Å²) >= 11 is 0. The second kappa shape index (κ2) is 5.03. The normalized spacial score (nSPS) is 15.7. The summed E-state index contributed by atoms with van der Waals surface area (Å²) < 4.78 is 1.59. The van der Waals surface area contributed by atoms with Gasteiger partial charge in [0.25, 0.3) is 5.56 Å². The van der Waals surface area contributed by atoms with Crippen LogP contribution in [0.4, 0.5) is 4.79 Å². The largest absolute Gasteiger partial charge is 0.324 e. The molecular weight excluding hydrogens is 234 g/mol. The molecule has 1 saturated heterocycles. The zero-order valence-electron chi connectivity index (χ0n) is 10.2. The minimum absolute atomic E-state index is 0. The van der Waals surface area contributed by atoms with E-state index in [2.05, 4.69) is 5.32 Å². The van der Waals surface area contributed by atoms with Gasteiger partial charge in [-0.2, -0.15) is 0 Å². The lowest BCUT2D eigenvalue weighted by Gasteiger charge is -2.26. The van der Waals surface area contributed by atoms with Crippen LogP contribution in [0.5, 0.6) is 0 Å². The Morgan fingerprint density at radius 1 is 1.39 bits per heavy atom. The van der Waals surface area contributed by atoms with Gasteiger partial charge in [0.2, 0.25) is 5.91 Å². The molecule has 1 aliphatic heterocycles. The van der Waals surface area contributed by atoms with E-state index < -0.39 is 6.03 Å². The van der Waals surface area contributed by atoms with Crippen LogP contribution in [0.2, 0.25) is 0 Å². The number of amides is 3. The van der Waals surface area contributed by atoms with E-state index in [1.807, 2.05) is 6.92 Å². The third kappa shape index (κ3) is 2.42. The van der Waals surface area contributed by atoms with Crippen molar-refractivity contribution in [3.05, 3.63) is 34.2 Å². The van der Waals surface area contributed by atoms with E-state index in [9.17, 15) is 14.4 Å². The molecule has 2 heterocycles. The second-order valence-corrected chi connectivity index (χ2v) is 4.15. The summed E-state index contributed by atoms with van der Waals surface area (Å²) in [6, 6.07) is 3.06. The number of nitrogens with one attached hydrogen (secondary N) is 1. The Bertz CT molecular complexity index is 541. The van der Waals surface area contributed by atoms with Crippen LogP contribution < -0.4 is 10.9 Å². The fraction of sp³-hybridized carbons (Fsp3) is 0.417. The first kappa shape index (κ1) is 12.3. The maximum absolute atomic E-state index is 12.0. The predicted octanol–water partition coefficient (Wildman–Crippen LogP) is 0.556. The highest BCUT2D eigenvalue weighted by molar-refractivity contribution is 5.96. The number of nitrogens with zero attached hydrogens (tertiary/aromatic N) is 2. The molecule has 1 aromatic heterocycles. The van der Waals surface area contributed by atoms with E-state index in [4.69, 9.17) is 0 Å². The lowest BCUT2D eigenvalue weighted by atomic mass is 10.2. The number of aromatic nitrogens is 1. The van der Waals surface area contributed by atoms with Crippen molar-refractivity contribution in [3.8, 4) is 0 Å². The SMILES string of the molecule is CCn1cccc(CN2CCC(=O)NC2=O)c1=O.[HH]. The van der Waals surface area contributed by atoms with Crippen LogP contribution in [0.25, 0.3) is 0 Å². The number of rotatable bonds is 3. The summed E-state index contributed by atoms with van der Waals surface area (Å²) in [7, 11) is 0. The van der Waals surface area contributed by atoms with E-state index in [0.717, 1.165) is 0 Å². The van der Waals surface area contributed by atoms with Crippen LogP contribution >= 0.6 is 0 Å². The van der Waals surface area contributed by atoms with Crippen molar-refractivity contribution in [3.63, 3.8) is 0 Å². The number of carbonyl (C=O) groups excluding carboxylic acids is 2. The molecule has 2 rings (SSSR count). The fourth-order valence-corrected chi connectivity index (χ4v) is 1.91. The van der Waals surface area contributed by atoms with Gasteiger partial charge in [-0.15, -0.1) is 0 Å². The van der Waals surface area contributed by atoms with E-state index >= 15 is 0 Å². The summed E-state index contributed by atoms with van der Waals surface area (Å²) in [4.78, 5) is 36.0. The van der Waals surface area contributed by atoms with Gasteiger partial charge in [-0.05, 0) is 13.0 Å². The molecule has 0 unspecified atom stereocenters. The molecule has 0 radical (unpaired) electrons. The van der Waals surface area contributed by atoms with Crippen LogP contribution in [0.1, 0.15) is 20.3 Å². The van der Waals surface area contributed by atoms with E-state index in [1.54, 1.807) is 22.9 Å².